The van der Waals surface area contributed by atoms with E-state index in [2.05, 4.69) is 22.1 Å². The van der Waals surface area contributed by atoms with E-state index in [0.717, 1.165) is 49.1 Å². The second-order valence-electron chi connectivity index (χ2n) is 8.31. The minimum Gasteiger partial charge on any atom is -0.497 e. The fourth-order valence-corrected chi connectivity index (χ4v) is 4.22. The molecule has 4 rings (SSSR count). The lowest BCUT2D eigenvalue weighted by Crippen LogP contribution is -2.35. The molecule has 0 bridgehead atoms. The lowest BCUT2D eigenvalue weighted by Gasteiger charge is -2.31. The van der Waals surface area contributed by atoms with Gasteiger partial charge >= 0.3 is 0 Å². The van der Waals surface area contributed by atoms with E-state index in [1.165, 1.54) is 12.8 Å². The third kappa shape index (κ3) is 4.35. The maximum absolute atomic E-state index is 12.9. The van der Waals surface area contributed by atoms with Crippen LogP contribution in [0.15, 0.2) is 24.4 Å². The van der Waals surface area contributed by atoms with Crippen molar-refractivity contribution in [3.8, 4) is 11.5 Å². The normalized spacial score (nSPS) is 19.2. The smallest absolute Gasteiger partial charge is 0.227 e. The van der Waals surface area contributed by atoms with Crippen molar-refractivity contribution in [3.05, 3.63) is 35.7 Å². The average molecular weight is 411 g/mol. The third-order valence-electron chi connectivity index (χ3n) is 6.24. The van der Waals surface area contributed by atoms with Crippen molar-refractivity contribution in [1.29, 1.82) is 0 Å². The lowest BCUT2D eigenvalue weighted by molar-refractivity contribution is -0.120. The molecule has 1 fully saturated rings. The molecule has 2 heterocycles. The molecule has 1 aliphatic heterocycles. The highest BCUT2D eigenvalue weighted by Gasteiger charge is 2.28. The molecular formula is C23H30N4O3. The van der Waals surface area contributed by atoms with Gasteiger partial charge < -0.3 is 19.7 Å². The van der Waals surface area contributed by atoms with Crippen molar-refractivity contribution in [2.45, 2.75) is 39.0 Å². The first-order valence-corrected chi connectivity index (χ1v) is 10.7. The molecule has 1 saturated heterocycles. The summed E-state index contributed by atoms with van der Waals surface area (Å²) in [5.74, 6) is 2.79. The molecular weight excluding hydrogens is 380 g/mol. The van der Waals surface area contributed by atoms with Crippen molar-refractivity contribution >= 4 is 17.5 Å². The minimum absolute atomic E-state index is 0.00166. The van der Waals surface area contributed by atoms with Gasteiger partial charge in [0, 0.05) is 37.0 Å². The number of hydrogen-bond acceptors (Lipinski definition) is 6. The molecule has 0 radical (unpaired) electrons. The van der Waals surface area contributed by atoms with Gasteiger partial charge in [-0.05, 0) is 55.7 Å². The molecule has 1 aromatic carbocycles. The summed E-state index contributed by atoms with van der Waals surface area (Å²) in [6.45, 7) is 4.35. The number of rotatable bonds is 5. The van der Waals surface area contributed by atoms with Gasteiger partial charge in [0.25, 0.3) is 0 Å². The van der Waals surface area contributed by atoms with Gasteiger partial charge in [0.15, 0.2) is 0 Å². The molecule has 1 atom stereocenters. The Morgan fingerprint density at radius 3 is 2.70 bits per heavy atom. The molecule has 1 amide bonds. The predicted octanol–water partition coefficient (Wildman–Crippen LogP) is 3.47. The zero-order chi connectivity index (χ0) is 21.1. The molecule has 1 aromatic heterocycles. The summed E-state index contributed by atoms with van der Waals surface area (Å²) in [5, 5.41) is 3.01. The number of amides is 1. The first-order chi connectivity index (χ1) is 14.6. The van der Waals surface area contributed by atoms with Crippen LogP contribution in [-0.2, 0) is 17.6 Å². The number of methoxy groups -OCH3 is 2. The number of fused-ring (bicyclic) bond motifs is 1. The summed E-state index contributed by atoms with van der Waals surface area (Å²) >= 11 is 0. The van der Waals surface area contributed by atoms with Crippen LogP contribution in [0.2, 0.25) is 0 Å². The van der Waals surface area contributed by atoms with Crippen molar-refractivity contribution in [2.24, 2.45) is 11.8 Å². The van der Waals surface area contributed by atoms with Crippen LogP contribution in [0.1, 0.15) is 37.4 Å². The van der Waals surface area contributed by atoms with E-state index in [0.29, 0.717) is 23.6 Å². The molecule has 2 aliphatic rings. The molecule has 7 heteroatoms. The highest BCUT2D eigenvalue weighted by atomic mass is 16.5. The summed E-state index contributed by atoms with van der Waals surface area (Å²) in [7, 11) is 3.19. The molecule has 30 heavy (non-hydrogen) atoms. The van der Waals surface area contributed by atoms with E-state index in [9.17, 15) is 4.79 Å². The number of anilines is 2. The topological polar surface area (TPSA) is 76.6 Å². The fourth-order valence-electron chi connectivity index (χ4n) is 4.22. The van der Waals surface area contributed by atoms with Crippen LogP contribution in [0.3, 0.4) is 0 Å². The highest BCUT2D eigenvalue weighted by Crippen LogP contribution is 2.31. The van der Waals surface area contributed by atoms with Gasteiger partial charge in [0.05, 0.1) is 19.9 Å². The zero-order valence-electron chi connectivity index (χ0n) is 18.0. The molecule has 1 N–H and O–H groups in total. The summed E-state index contributed by atoms with van der Waals surface area (Å²) in [6, 6.07) is 5.38. The standard InChI is InChI=1S/C23H30N4O3/c1-15-8-10-27(11-9-15)23-24-14-17-12-16(4-6-19(17)26-23)22(28)25-20-7-5-18(29-2)13-21(20)30-3/h5,7,13-16H,4,6,8-12H2,1-3H3,(H,25,28). The van der Waals surface area contributed by atoms with E-state index in [1.807, 2.05) is 12.3 Å². The maximum atomic E-state index is 12.9. The molecule has 2 aromatic rings. The number of carbonyl (C=O) groups is 1. The van der Waals surface area contributed by atoms with E-state index in [4.69, 9.17) is 14.5 Å². The Balaban J connectivity index is 1.42. The first-order valence-electron chi connectivity index (χ1n) is 10.7. The lowest BCUT2D eigenvalue weighted by atomic mass is 9.86. The highest BCUT2D eigenvalue weighted by molar-refractivity contribution is 5.94. The number of nitrogens with zero attached hydrogens (tertiary/aromatic N) is 3. The maximum Gasteiger partial charge on any atom is 0.227 e. The number of aryl methyl sites for hydroxylation is 1. The number of aromatic nitrogens is 2. The molecule has 0 spiro atoms. The molecule has 1 aliphatic carbocycles. The predicted molar refractivity (Wildman–Crippen MR) is 116 cm³/mol. The average Bonchev–Trinajstić information content (AvgIpc) is 2.79. The number of hydrogen-bond donors (Lipinski definition) is 1. The Kier molecular flexibility index (Phi) is 6.06. The quantitative estimate of drug-likeness (QED) is 0.813. The third-order valence-corrected chi connectivity index (χ3v) is 6.24. The van der Waals surface area contributed by atoms with Crippen LogP contribution in [-0.4, -0.2) is 43.2 Å². The first kappa shape index (κ1) is 20.4. The molecule has 1 unspecified atom stereocenters. The van der Waals surface area contributed by atoms with E-state index >= 15 is 0 Å². The van der Waals surface area contributed by atoms with Gasteiger partial charge in [-0.2, -0.15) is 0 Å². The van der Waals surface area contributed by atoms with Gasteiger partial charge in [0.1, 0.15) is 11.5 Å². The Bertz CT molecular complexity index is 909. The van der Waals surface area contributed by atoms with Gasteiger partial charge in [-0.25, -0.2) is 9.97 Å². The van der Waals surface area contributed by atoms with E-state index in [-0.39, 0.29) is 11.8 Å². The van der Waals surface area contributed by atoms with Crippen molar-refractivity contribution in [2.75, 3.05) is 37.5 Å². The largest absolute Gasteiger partial charge is 0.497 e. The second-order valence-corrected chi connectivity index (χ2v) is 8.31. The van der Waals surface area contributed by atoms with Crippen LogP contribution in [0.5, 0.6) is 11.5 Å². The van der Waals surface area contributed by atoms with E-state index in [1.54, 1.807) is 26.4 Å². The van der Waals surface area contributed by atoms with Crippen molar-refractivity contribution in [1.82, 2.24) is 9.97 Å². The monoisotopic (exact) mass is 410 g/mol. The van der Waals surface area contributed by atoms with Gasteiger partial charge in [-0.3, -0.25) is 4.79 Å². The molecule has 160 valence electrons. The molecule has 7 nitrogen and oxygen atoms in total. The number of carbonyl (C=O) groups excluding carboxylic acids is 1. The number of ether oxygens (including phenoxy) is 2. The summed E-state index contributed by atoms with van der Waals surface area (Å²) in [4.78, 5) is 24.6. The van der Waals surface area contributed by atoms with Crippen LogP contribution in [0.25, 0.3) is 0 Å². The van der Waals surface area contributed by atoms with Crippen LogP contribution in [0, 0.1) is 11.8 Å². The molecule has 0 saturated carbocycles. The van der Waals surface area contributed by atoms with E-state index < -0.39 is 0 Å². The van der Waals surface area contributed by atoms with Crippen LogP contribution in [0.4, 0.5) is 11.6 Å². The summed E-state index contributed by atoms with van der Waals surface area (Å²) in [5.41, 5.74) is 2.82. The number of benzene rings is 1. The summed E-state index contributed by atoms with van der Waals surface area (Å²) in [6.07, 6.45) is 6.55. The van der Waals surface area contributed by atoms with Gasteiger partial charge in [0.2, 0.25) is 11.9 Å². The Labute approximate surface area is 177 Å². The SMILES string of the molecule is COc1ccc(NC(=O)C2CCc3nc(N4CCC(C)CC4)ncc3C2)c(OC)c1. The van der Waals surface area contributed by atoms with Crippen molar-refractivity contribution < 1.29 is 14.3 Å². The Hall–Kier alpha value is -2.83. The van der Waals surface area contributed by atoms with Gasteiger partial charge in [-0.1, -0.05) is 6.92 Å². The summed E-state index contributed by atoms with van der Waals surface area (Å²) < 4.78 is 10.6. The minimum atomic E-state index is -0.102. The zero-order valence-corrected chi connectivity index (χ0v) is 18.0. The fraction of sp³-hybridized carbons (Fsp3) is 0.522. The van der Waals surface area contributed by atoms with Gasteiger partial charge in [-0.15, -0.1) is 0 Å². The number of piperidine rings is 1. The van der Waals surface area contributed by atoms with Crippen molar-refractivity contribution in [3.63, 3.8) is 0 Å². The Morgan fingerprint density at radius 1 is 1.17 bits per heavy atom. The van der Waals surface area contributed by atoms with Crippen LogP contribution >= 0.6 is 0 Å². The second kappa shape index (κ2) is 8.90. The van der Waals surface area contributed by atoms with Crippen LogP contribution < -0.4 is 19.7 Å². The Morgan fingerprint density at radius 2 is 1.97 bits per heavy atom. The number of nitrogens with one attached hydrogen (secondary N) is 1.